The number of phosphoric acid groups is 1. The Morgan fingerprint density at radius 2 is 1.54 bits per heavy atom. The van der Waals surface area contributed by atoms with E-state index in [0.717, 1.165) is 25.7 Å². The van der Waals surface area contributed by atoms with Gasteiger partial charge in [-0.15, -0.1) is 0 Å². The molecular formula is C18H34NO4P. The number of hydrogen-bond acceptors (Lipinski definition) is 4. The molecule has 0 aliphatic heterocycles. The molecule has 0 saturated heterocycles. The van der Waals surface area contributed by atoms with E-state index < -0.39 is 7.82 Å². The van der Waals surface area contributed by atoms with Crippen LogP contribution in [-0.2, 0) is 19.2 Å². The lowest BCUT2D eigenvalue weighted by Crippen LogP contribution is -2.29. The van der Waals surface area contributed by atoms with Gasteiger partial charge in [-0.3, -0.25) is 9.05 Å². The number of hydrogen-bond donors (Lipinski definition) is 2. The molecule has 0 spiro atoms. The molecule has 0 fully saturated rings. The highest BCUT2D eigenvalue weighted by molar-refractivity contribution is 7.47. The van der Waals surface area contributed by atoms with Gasteiger partial charge in [0.1, 0.15) is 0 Å². The monoisotopic (exact) mass is 359 g/mol. The van der Waals surface area contributed by atoms with E-state index in [1.807, 2.05) is 39.8 Å². The summed E-state index contributed by atoms with van der Waals surface area (Å²) in [6, 6.07) is 8.22. The van der Waals surface area contributed by atoms with Crippen LogP contribution in [0.5, 0.6) is 0 Å². The molecular weight excluding hydrogens is 325 g/mol. The molecule has 0 atom stereocenters. The fraction of sp³-hybridized carbons (Fsp3) is 0.667. The van der Waals surface area contributed by atoms with Crippen LogP contribution in [0.1, 0.15) is 64.5 Å². The number of aryl methyl sites for hydroxylation is 1. The van der Waals surface area contributed by atoms with Crippen LogP contribution in [0.25, 0.3) is 0 Å². The molecule has 0 bridgehead atoms. The lowest BCUT2D eigenvalue weighted by Gasteiger charge is -2.21. The van der Waals surface area contributed by atoms with E-state index in [4.69, 9.17) is 19.7 Å². The predicted molar refractivity (Wildman–Crippen MR) is 99.9 cm³/mol. The van der Waals surface area contributed by atoms with Crippen LogP contribution in [0, 0.1) is 6.92 Å². The average molecular weight is 359 g/mol. The first-order valence-corrected chi connectivity index (χ1v) is 10.1. The minimum atomic E-state index is -3.75. The molecule has 0 aliphatic rings. The molecule has 0 radical (unpaired) electrons. The van der Waals surface area contributed by atoms with E-state index >= 15 is 0 Å². The van der Waals surface area contributed by atoms with Crippen LogP contribution >= 0.6 is 7.82 Å². The zero-order valence-electron chi connectivity index (χ0n) is 15.7. The Hall–Kier alpha value is -0.710. The lowest BCUT2D eigenvalue weighted by molar-refractivity contribution is 0.146. The molecule has 24 heavy (non-hydrogen) atoms. The summed E-state index contributed by atoms with van der Waals surface area (Å²) in [5, 5.41) is 0. The third kappa shape index (κ3) is 11.0. The number of rotatable bonds is 9. The Labute approximate surface area is 147 Å². The van der Waals surface area contributed by atoms with Gasteiger partial charge in [0.05, 0.1) is 13.2 Å². The molecule has 0 unspecified atom stereocenters. The zero-order chi connectivity index (χ0) is 18.6. The highest BCUT2D eigenvalue weighted by Crippen LogP contribution is 2.43. The minimum Gasteiger partial charge on any atom is -0.322 e. The first-order chi connectivity index (χ1) is 11.1. The highest BCUT2D eigenvalue weighted by Gasteiger charge is 2.19. The molecule has 5 nitrogen and oxygen atoms in total. The molecule has 0 heterocycles. The van der Waals surface area contributed by atoms with Gasteiger partial charge in [0.25, 0.3) is 0 Å². The Bertz CT molecular complexity index is 486. The van der Waals surface area contributed by atoms with Gasteiger partial charge in [0.2, 0.25) is 0 Å². The van der Waals surface area contributed by atoms with Crippen LogP contribution in [0.15, 0.2) is 24.3 Å². The van der Waals surface area contributed by atoms with Gasteiger partial charge in [-0.25, -0.2) is 4.57 Å². The zero-order valence-corrected chi connectivity index (χ0v) is 16.6. The summed E-state index contributed by atoms with van der Waals surface area (Å²) in [6.45, 7) is 10.7. The average Bonchev–Trinajstić information content (AvgIpc) is 2.47. The Morgan fingerprint density at radius 3 is 1.88 bits per heavy atom. The van der Waals surface area contributed by atoms with Crippen molar-refractivity contribution in [3.05, 3.63) is 35.4 Å². The quantitative estimate of drug-likeness (QED) is 0.484. The van der Waals surface area contributed by atoms with Crippen molar-refractivity contribution in [2.24, 2.45) is 5.73 Å². The van der Waals surface area contributed by atoms with Crippen LogP contribution in [-0.4, -0.2) is 18.1 Å². The molecule has 0 amide bonds. The molecule has 0 aromatic heterocycles. The first-order valence-electron chi connectivity index (χ1n) is 8.61. The van der Waals surface area contributed by atoms with Gasteiger partial charge >= 0.3 is 7.82 Å². The van der Waals surface area contributed by atoms with E-state index in [2.05, 4.69) is 19.1 Å². The van der Waals surface area contributed by atoms with Crippen LogP contribution < -0.4 is 5.73 Å². The largest absolute Gasteiger partial charge is 0.472 e. The van der Waals surface area contributed by atoms with Crippen LogP contribution in [0.4, 0.5) is 0 Å². The summed E-state index contributed by atoms with van der Waals surface area (Å²) < 4.78 is 20.5. The fourth-order valence-corrected chi connectivity index (χ4v) is 2.78. The van der Waals surface area contributed by atoms with Gasteiger partial charge in [-0.2, -0.15) is 0 Å². The van der Waals surface area contributed by atoms with Crippen molar-refractivity contribution in [3.63, 3.8) is 0 Å². The number of unbranched alkanes of at least 4 members (excludes halogenated alkanes) is 2. The first kappa shape index (κ1) is 23.3. The fourth-order valence-electron chi connectivity index (χ4n) is 1.98. The van der Waals surface area contributed by atoms with Crippen LogP contribution in [0.2, 0.25) is 0 Å². The summed E-state index contributed by atoms with van der Waals surface area (Å²) in [6.07, 6.45) is 3.44. The molecule has 140 valence electrons. The standard InChI is InChI=1S/C10H15N.C8H19O4P/c1-8-6-4-5-7-9(8)10(2,3)11;1-3-5-7-11-13(9,10)12-8-6-4-2/h4-7H,11H2,1-3H3;3-8H2,1-2H3,(H,9,10). The maximum atomic E-state index is 11.1. The van der Waals surface area contributed by atoms with Crippen molar-refractivity contribution in [2.75, 3.05) is 13.2 Å². The minimum absolute atomic E-state index is 0.217. The number of phosphoric ester groups is 1. The molecule has 6 heteroatoms. The molecule has 0 aliphatic carbocycles. The third-order valence-corrected chi connectivity index (χ3v) is 4.36. The molecule has 3 N–H and O–H groups in total. The van der Waals surface area contributed by atoms with E-state index in [9.17, 15) is 4.57 Å². The smallest absolute Gasteiger partial charge is 0.322 e. The summed E-state index contributed by atoms with van der Waals surface area (Å²) >= 11 is 0. The normalized spacial score (nSPS) is 11.8. The second-order valence-corrected chi connectivity index (χ2v) is 7.83. The molecule has 1 aromatic rings. The predicted octanol–water partition coefficient (Wildman–Crippen LogP) is 4.91. The van der Waals surface area contributed by atoms with E-state index in [-0.39, 0.29) is 18.8 Å². The van der Waals surface area contributed by atoms with Crippen molar-refractivity contribution in [1.29, 1.82) is 0 Å². The van der Waals surface area contributed by atoms with Gasteiger partial charge < -0.3 is 10.6 Å². The SMILES string of the molecule is CCCCOP(=O)(O)OCCCC.Cc1ccccc1C(C)(C)N. The van der Waals surface area contributed by atoms with Crippen LogP contribution in [0.3, 0.4) is 0 Å². The second-order valence-electron chi connectivity index (χ2n) is 6.38. The molecule has 0 saturated carbocycles. The van der Waals surface area contributed by atoms with Crippen molar-refractivity contribution in [2.45, 2.75) is 65.8 Å². The van der Waals surface area contributed by atoms with E-state index in [1.165, 1.54) is 11.1 Å². The Kier molecular flexibility index (Phi) is 11.4. The molecule has 1 rings (SSSR count). The summed E-state index contributed by atoms with van der Waals surface area (Å²) in [4.78, 5) is 9.08. The Balaban J connectivity index is 0.000000446. The number of nitrogens with two attached hydrogens (primary N) is 1. The van der Waals surface area contributed by atoms with E-state index in [1.54, 1.807) is 0 Å². The molecule has 1 aromatic carbocycles. The van der Waals surface area contributed by atoms with Gasteiger partial charge in [0, 0.05) is 5.54 Å². The van der Waals surface area contributed by atoms with E-state index in [0.29, 0.717) is 0 Å². The number of benzene rings is 1. The summed E-state index contributed by atoms with van der Waals surface area (Å²) in [5.41, 5.74) is 8.23. The van der Waals surface area contributed by atoms with Gasteiger partial charge in [0.15, 0.2) is 0 Å². The summed E-state index contributed by atoms with van der Waals surface area (Å²) in [7, 11) is -3.75. The maximum absolute atomic E-state index is 11.1. The van der Waals surface area contributed by atoms with Gasteiger partial charge in [-0.1, -0.05) is 51.0 Å². The maximum Gasteiger partial charge on any atom is 0.472 e. The second kappa shape index (κ2) is 11.8. The van der Waals surface area contributed by atoms with Crippen molar-refractivity contribution < 1.29 is 18.5 Å². The summed E-state index contributed by atoms with van der Waals surface area (Å²) in [5.74, 6) is 0. The van der Waals surface area contributed by atoms with Gasteiger partial charge in [-0.05, 0) is 44.7 Å². The highest BCUT2D eigenvalue weighted by atomic mass is 31.2. The van der Waals surface area contributed by atoms with Crippen molar-refractivity contribution in [1.82, 2.24) is 0 Å². The third-order valence-electron chi connectivity index (χ3n) is 3.34. The van der Waals surface area contributed by atoms with Crippen molar-refractivity contribution >= 4 is 7.82 Å². The Morgan fingerprint density at radius 1 is 1.08 bits per heavy atom. The lowest BCUT2D eigenvalue weighted by atomic mass is 9.92. The topological polar surface area (TPSA) is 81.8 Å². The van der Waals surface area contributed by atoms with Crippen molar-refractivity contribution in [3.8, 4) is 0 Å².